The molecule has 0 radical (unpaired) electrons. The van der Waals surface area contributed by atoms with Crippen molar-refractivity contribution in [2.75, 3.05) is 38.6 Å². The normalized spacial score (nSPS) is 19.8. The van der Waals surface area contributed by atoms with Gasteiger partial charge >= 0.3 is 0 Å². The summed E-state index contributed by atoms with van der Waals surface area (Å²) in [5.74, 6) is 1.52. The highest BCUT2D eigenvalue weighted by Crippen LogP contribution is 2.39. The Morgan fingerprint density at radius 2 is 2.00 bits per heavy atom. The van der Waals surface area contributed by atoms with Gasteiger partial charge in [-0.15, -0.1) is 0 Å². The molecule has 2 aliphatic rings. The van der Waals surface area contributed by atoms with Crippen molar-refractivity contribution in [1.82, 2.24) is 34.4 Å². The predicted octanol–water partition coefficient (Wildman–Crippen LogP) is 3.75. The first kappa shape index (κ1) is 23.9. The average Bonchev–Trinajstić information content (AvgIpc) is 3.55. The fourth-order valence-corrected chi connectivity index (χ4v) is 6.30. The summed E-state index contributed by atoms with van der Waals surface area (Å²) in [6.45, 7) is 10.9. The number of likely N-dealkylation sites (N-methyl/N-ethyl adjacent to an activating group) is 1. The van der Waals surface area contributed by atoms with E-state index in [9.17, 15) is 4.79 Å². The van der Waals surface area contributed by atoms with Crippen LogP contribution in [0.15, 0.2) is 24.7 Å². The van der Waals surface area contributed by atoms with E-state index in [-0.39, 0.29) is 17.9 Å². The highest BCUT2D eigenvalue weighted by molar-refractivity contribution is 5.90. The number of anilines is 1. The lowest BCUT2D eigenvalue weighted by Crippen LogP contribution is -2.47. The lowest BCUT2D eigenvalue weighted by molar-refractivity contribution is -0.134. The zero-order valence-electron chi connectivity index (χ0n) is 22.6. The lowest BCUT2D eigenvalue weighted by atomic mass is 9.95. The summed E-state index contributed by atoms with van der Waals surface area (Å²) >= 11 is 0. The number of carbonyl (C=O) groups excluding carboxylic acids is 1. The van der Waals surface area contributed by atoms with Crippen LogP contribution in [0.25, 0.3) is 27.9 Å². The largest absolute Gasteiger partial charge is 0.353 e. The molecule has 0 aliphatic carbocycles. The highest BCUT2D eigenvalue weighted by Gasteiger charge is 2.42. The molecule has 2 fully saturated rings. The number of likely N-dealkylation sites (tertiary alicyclic amines) is 1. The summed E-state index contributed by atoms with van der Waals surface area (Å²) in [6, 6.07) is 4.99. The van der Waals surface area contributed by atoms with Gasteiger partial charge in [0, 0.05) is 36.5 Å². The van der Waals surface area contributed by atoms with Crippen LogP contribution in [-0.2, 0) is 4.79 Å². The van der Waals surface area contributed by atoms with Crippen molar-refractivity contribution in [1.29, 1.82) is 0 Å². The number of rotatable bonds is 5. The maximum atomic E-state index is 12.8. The molecule has 4 aromatic rings. The summed E-state index contributed by atoms with van der Waals surface area (Å²) in [6.07, 6.45) is 5.69. The molecule has 2 bridgehead atoms. The second-order valence-corrected chi connectivity index (χ2v) is 11.3. The molecule has 194 valence electrons. The van der Waals surface area contributed by atoms with Gasteiger partial charge in [-0.1, -0.05) is 13.8 Å². The molecule has 0 spiro atoms. The molecule has 9 heteroatoms. The number of aryl methyl sites for hydroxylation is 1. The van der Waals surface area contributed by atoms with Crippen LogP contribution < -0.4 is 4.90 Å². The van der Waals surface area contributed by atoms with Gasteiger partial charge in [-0.3, -0.25) is 4.79 Å². The van der Waals surface area contributed by atoms with Crippen LogP contribution in [0.2, 0.25) is 0 Å². The summed E-state index contributed by atoms with van der Waals surface area (Å²) in [4.78, 5) is 32.7. The van der Waals surface area contributed by atoms with E-state index in [2.05, 4.69) is 70.9 Å². The van der Waals surface area contributed by atoms with Crippen molar-refractivity contribution in [2.24, 2.45) is 0 Å². The summed E-state index contributed by atoms with van der Waals surface area (Å²) < 4.78 is 1.86. The van der Waals surface area contributed by atoms with Gasteiger partial charge in [-0.05, 0) is 70.0 Å². The molecular formula is C28H36N8O. The molecule has 0 unspecified atom stereocenters. The molecule has 1 amide bonds. The van der Waals surface area contributed by atoms with Gasteiger partial charge < -0.3 is 19.7 Å². The van der Waals surface area contributed by atoms with Crippen LogP contribution in [0.5, 0.6) is 0 Å². The predicted molar refractivity (Wildman–Crippen MR) is 146 cm³/mol. The van der Waals surface area contributed by atoms with Gasteiger partial charge in [0.25, 0.3) is 0 Å². The van der Waals surface area contributed by atoms with Crippen LogP contribution in [0.4, 0.5) is 5.82 Å². The zero-order valence-corrected chi connectivity index (χ0v) is 22.6. The molecule has 1 N–H and O–H groups in total. The Hall–Kier alpha value is -3.46. The molecule has 2 atom stereocenters. The third kappa shape index (κ3) is 3.87. The van der Waals surface area contributed by atoms with Crippen LogP contribution in [0.1, 0.15) is 49.3 Å². The monoisotopic (exact) mass is 500 g/mol. The third-order valence-corrected chi connectivity index (χ3v) is 8.24. The Bertz CT molecular complexity index is 1500. The fourth-order valence-electron chi connectivity index (χ4n) is 6.30. The number of pyridine rings is 2. The number of fused-ring (bicyclic) bond motifs is 4. The van der Waals surface area contributed by atoms with Crippen molar-refractivity contribution in [2.45, 2.75) is 58.5 Å². The molecule has 9 nitrogen and oxygen atoms in total. The Balaban J connectivity index is 1.39. The Morgan fingerprint density at radius 1 is 1.19 bits per heavy atom. The van der Waals surface area contributed by atoms with Gasteiger partial charge in [0.1, 0.15) is 12.1 Å². The molecule has 0 aromatic carbocycles. The van der Waals surface area contributed by atoms with Crippen LogP contribution in [0.3, 0.4) is 0 Å². The maximum Gasteiger partial charge on any atom is 0.237 e. The third-order valence-electron chi connectivity index (χ3n) is 8.24. The molecule has 2 saturated heterocycles. The number of nitrogens with zero attached hydrogens (tertiary/aromatic N) is 7. The number of carbonyl (C=O) groups is 1. The first-order chi connectivity index (χ1) is 17.7. The van der Waals surface area contributed by atoms with E-state index < -0.39 is 0 Å². The van der Waals surface area contributed by atoms with Gasteiger partial charge in [0.2, 0.25) is 5.91 Å². The SMILES string of the molecule is Cc1c(-c2[nH]c3ccc(N4C[C@@H]5C[C@H]4CCN5C(=O)CN(C)C)nc3c2C(C)C)cn2ncnc2c1C. The first-order valence-electron chi connectivity index (χ1n) is 13.3. The van der Waals surface area contributed by atoms with Crippen molar-refractivity contribution in [3.05, 3.63) is 41.3 Å². The zero-order chi connectivity index (χ0) is 26.0. The topological polar surface area (TPSA) is 85.7 Å². The minimum absolute atomic E-state index is 0.228. The number of hydrogen-bond donors (Lipinski definition) is 1. The molecular weight excluding hydrogens is 464 g/mol. The average molecular weight is 501 g/mol. The number of piperidine rings is 1. The summed E-state index contributed by atoms with van der Waals surface area (Å²) in [5, 5.41) is 4.41. The minimum Gasteiger partial charge on any atom is -0.353 e. The first-order valence-corrected chi connectivity index (χ1v) is 13.3. The van der Waals surface area contributed by atoms with Gasteiger partial charge in [0.05, 0.1) is 29.3 Å². The van der Waals surface area contributed by atoms with E-state index in [1.54, 1.807) is 6.33 Å². The van der Waals surface area contributed by atoms with Crippen molar-refractivity contribution in [3.63, 3.8) is 0 Å². The number of hydrogen-bond acceptors (Lipinski definition) is 6. The molecule has 2 aliphatic heterocycles. The van der Waals surface area contributed by atoms with E-state index in [4.69, 9.17) is 4.98 Å². The number of amides is 1. The van der Waals surface area contributed by atoms with Gasteiger partial charge in [-0.25, -0.2) is 14.5 Å². The quantitative estimate of drug-likeness (QED) is 0.449. The number of nitrogens with one attached hydrogen (secondary N) is 1. The van der Waals surface area contributed by atoms with Crippen molar-refractivity contribution >= 4 is 28.4 Å². The Labute approximate surface area is 217 Å². The number of aromatic nitrogens is 5. The molecule has 6 heterocycles. The van der Waals surface area contributed by atoms with Crippen LogP contribution >= 0.6 is 0 Å². The van der Waals surface area contributed by atoms with Crippen molar-refractivity contribution < 1.29 is 4.79 Å². The minimum atomic E-state index is 0.228. The van der Waals surface area contributed by atoms with E-state index in [0.717, 1.165) is 65.3 Å². The van der Waals surface area contributed by atoms with E-state index >= 15 is 0 Å². The molecule has 0 saturated carbocycles. The number of H-pyrrole nitrogens is 1. The second kappa shape index (κ2) is 8.83. The Morgan fingerprint density at radius 3 is 2.76 bits per heavy atom. The van der Waals surface area contributed by atoms with Gasteiger partial charge in [0.15, 0.2) is 5.65 Å². The van der Waals surface area contributed by atoms with E-state index in [0.29, 0.717) is 12.6 Å². The van der Waals surface area contributed by atoms with Crippen LogP contribution in [0, 0.1) is 13.8 Å². The smallest absolute Gasteiger partial charge is 0.237 e. The molecule has 6 rings (SSSR count). The summed E-state index contributed by atoms with van der Waals surface area (Å²) in [7, 11) is 3.91. The van der Waals surface area contributed by atoms with E-state index in [1.165, 1.54) is 11.1 Å². The maximum absolute atomic E-state index is 12.8. The molecule has 4 aromatic heterocycles. The standard InChI is InChI=1S/C28H36N8O/c1-16(2)25-26(21-13-36-28(29-15-30-36)18(4)17(21)3)31-22-7-8-23(32-27(22)25)35-12-20-11-19(35)9-10-34(20)24(37)14-33(5)6/h7-8,13,15-16,19-20,31H,9-12,14H2,1-6H3/t19-,20+/m1/s1. The fraction of sp³-hybridized carbons (Fsp3) is 0.500. The lowest BCUT2D eigenvalue weighted by Gasteiger charge is -2.33. The molecule has 37 heavy (non-hydrogen) atoms. The van der Waals surface area contributed by atoms with Gasteiger partial charge in [-0.2, -0.15) is 5.10 Å². The number of aromatic amines is 1. The van der Waals surface area contributed by atoms with E-state index in [1.807, 2.05) is 23.5 Å². The highest BCUT2D eigenvalue weighted by atomic mass is 16.2. The van der Waals surface area contributed by atoms with Crippen LogP contribution in [-0.4, -0.2) is 86.1 Å². The van der Waals surface area contributed by atoms with Crippen molar-refractivity contribution in [3.8, 4) is 11.3 Å². The second-order valence-electron chi connectivity index (χ2n) is 11.3. The summed E-state index contributed by atoms with van der Waals surface area (Å²) in [5.41, 5.74) is 8.76. The Kier molecular flexibility index (Phi) is 5.71.